The van der Waals surface area contributed by atoms with E-state index in [1.807, 2.05) is 12.3 Å². The number of rotatable bonds is 4. The van der Waals surface area contributed by atoms with Gasteiger partial charge in [-0.05, 0) is 31.5 Å². The van der Waals surface area contributed by atoms with Gasteiger partial charge in [-0.2, -0.15) is 0 Å². The van der Waals surface area contributed by atoms with Crippen LogP contribution in [0.15, 0.2) is 35.3 Å². The standard InChI is InChI=1S/C12H17N/c1-3-9-13-11(2)10-12-7-5-4-6-8-12/h4-9,11H,3,10H2,1-2H3. The van der Waals surface area contributed by atoms with Gasteiger partial charge in [0, 0.05) is 0 Å². The molecule has 1 nitrogen and oxygen atoms in total. The maximum absolute atomic E-state index is 4.41. The molecule has 0 saturated heterocycles. The molecule has 0 aliphatic rings. The van der Waals surface area contributed by atoms with Crippen molar-refractivity contribution in [2.24, 2.45) is 4.99 Å². The normalized spacial score (nSPS) is 13.4. The third-order valence-electron chi connectivity index (χ3n) is 1.92. The molecular weight excluding hydrogens is 158 g/mol. The Morgan fingerprint density at radius 1 is 1.31 bits per heavy atom. The molecule has 1 unspecified atom stereocenters. The fourth-order valence-electron chi connectivity index (χ4n) is 1.29. The van der Waals surface area contributed by atoms with E-state index in [-0.39, 0.29) is 0 Å². The Morgan fingerprint density at radius 3 is 2.62 bits per heavy atom. The van der Waals surface area contributed by atoms with Gasteiger partial charge in [0.05, 0.1) is 6.04 Å². The molecule has 0 radical (unpaired) electrons. The second-order valence-corrected chi connectivity index (χ2v) is 3.28. The Kier molecular flexibility index (Phi) is 4.24. The van der Waals surface area contributed by atoms with Crippen LogP contribution in [0, 0.1) is 0 Å². The van der Waals surface area contributed by atoms with Crippen LogP contribution in [0.25, 0.3) is 0 Å². The largest absolute Gasteiger partial charge is 0.294 e. The lowest BCUT2D eigenvalue weighted by Gasteiger charge is -2.05. The van der Waals surface area contributed by atoms with Gasteiger partial charge in [-0.15, -0.1) is 0 Å². The summed E-state index contributed by atoms with van der Waals surface area (Å²) in [6, 6.07) is 10.9. The molecule has 0 aliphatic heterocycles. The fourth-order valence-corrected chi connectivity index (χ4v) is 1.29. The molecule has 1 rings (SSSR count). The van der Waals surface area contributed by atoms with Crippen LogP contribution in [0.4, 0.5) is 0 Å². The summed E-state index contributed by atoms with van der Waals surface area (Å²) >= 11 is 0. The van der Waals surface area contributed by atoms with Crippen molar-refractivity contribution in [3.05, 3.63) is 35.9 Å². The molecule has 0 fully saturated rings. The predicted molar refractivity (Wildman–Crippen MR) is 58.4 cm³/mol. The SMILES string of the molecule is CCC=NC(C)Cc1ccccc1. The minimum absolute atomic E-state index is 0.405. The molecule has 0 N–H and O–H groups in total. The molecule has 0 aliphatic carbocycles. The van der Waals surface area contributed by atoms with Crippen LogP contribution in [0.1, 0.15) is 25.8 Å². The molecule has 0 bridgehead atoms. The van der Waals surface area contributed by atoms with E-state index in [0.29, 0.717) is 6.04 Å². The molecule has 1 aromatic rings. The maximum atomic E-state index is 4.41. The van der Waals surface area contributed by atoms with E-state index in [2.05, 4.69) is 43.1 Å². The average molecular weight is 175 g/mol. The molecule has 1 atom stereocenters. The zero-order valence-electron chi connectivity index (χ0n) is 8.40. The van der Waals surface area contributed by atoms with Gasteiger partial charge in [-0.3, -0.25) is 4.99 Å². The number of aliphatic imine (C=N–C) groups is 1. The van der Waals surface area contributed by atoms with Gasteiger partial charge in [0.2, 0.25) is 0 Å². The molecule has 0 spiro atoms. The summed E-state index contributed by atoms with van der Waals surface area (Å²) < 4.78 is 0. The van der Waals surface area contributed by atoms with Crippen LogP contribution in [0.2, 0.25) is 0 Å². The summed E-state index contributed by atoms with van der Waals surface area (Å²) in [5, 5.41) is 0. The number of nitrogens with zero attached hydrogens (tertiary/aromatic N) is 1. The molecule has 0 saturated carbocycles. The molecule has 13 heavy (non-hydrogen) atoms. The van der Waals surface area contributed by atoms with Crippen molar-refractivity contribution in [3.63, 3.8) is 0 Å². The van der Waals surface area contributed by atoms with Crippen LogP contribution >= 0.6 is 0 Å². The highest BCUT2D eigenvalue weighted by molar-refractivity contribution is 5.56. The molecule has 1 aromatic carbocycles. The van der Waals surface area contributed by atoms with E-state index in [1.165, 1.54) is 5.56 Å². The quantitative estimate of drug-likeness (QED) is 0.623. The van der Waals surface area contributed by atoms with Crippen LogP contribution < -0.4 is 0 Å². The Labute approximate surface area is 80.5 Å². The van der Waals surface area contributed by atoms with Crippen LogP contribution in [-0.4, -0.2) is 12.3 Å². The Morgan fingerprint density at radius 2 is 2.00 bits per heavy atom. The third-order valence-corrected chi connectivity index (χ3v) is 1.92. The maximum Gasteiger partial charge on any atom is 0.0507 e. The van der Waals surface area contributed by atoms with E-state index in [1.54, 1.807) is 0 Å². The summed E-state index contributed by atoms with van der Waals surface area (Å²) in [5.74, 6) is 0. The Bertz CT molecular complexity index is 251. The van der Waals surface area contributed by atoms with Crippen LogP contribution in [-0.2, 0) is 6.42 Å². The van der Waals surface area contributed by atoms with Crippen molar-refractivity contribution >= 4 is 6.21 Å². The first-order valence-corrected chi connectivity index (χ1v) is 4.88. The van der Waals surface area contributed by atoms with Gasteiger partial charge >= 0.3 is 0 Å². The topological polar surface area (TPSA) is 12.4 Å². The van der Waals surface area contributed by atoms with Crippen LogP contribution in [0.5, 0.6) is 0 Å². The van der Waals surface area contributed by atoms with Gasteiger partial charge < -0.3 is 0 Å². The fraction of sp³-hybridized carbons (Fsp3) is 0.417. The zero-order chi connectivity index (χ0) is 9.52. The van der Waals surface area contributed by atoms with Crippen molar-refractivity contribution < 1.29 is 0 Å². The van der Waals surface area contributed by atoms with Crippen molar-refractivity contribution in [3.8, 4) is 0 Å². The molecule has 1 heteroatoms. The number of benzene rings is 1. The summed E-state index contributed by atoms with van der Waals surface area (Å²) in [7, 11) is 0. The van der Waals surface area contributed by atoms with E-state index in [9.17, 15) is 0 Å². The number of hydrogen-bond donors (Lipinski definition) is 0. The predicted octanol–water partition coefficient (Wildman–Crippen LogP) is 3.10. The minimum atomic E-state index is 0.405. The average Bonchev–Trinajstić information content (AvgIpc) is 2.16. The molecule has 0 heterocycles. The second-order valence-electron chi connectivity index (χ2n) is 3.28. The smallest absolute Gasteiger partial charge is 0.0507 e. The zero-order valence-corrected chi connectivity index (χ0v) is 8.40. The van der Waals surface area contributed by atoms with Gasteiger partial charge in [0.25, 0.3) is 0 Å². The van der Waals surface area contributed by atoms with Crippen molar-refractivity contribution in [1.29, 1.82) is 0 Å². The van der Waals surface area contributed by atoms with Crippen molar-refractivity contribution in [2.75, 3.05) is 0 Å². The minimum Gasteiger partial charge on any atom is -0.294 e. The first-order chi connectivity index (χ1) is 6.33. The Hall–Kier alpha value is -1.11. The lowest BCUT2D eigenvalue weighted by Crippen LogP contribution is -2.02. The molecule has 0 amide bonds. The highest BCUT2D eigenvalue weighted by Gasteiger charge is 1.98. The van der Waals surface area contributed by atoms with Gasteiger partial charge in [0.1, 0.15) is 0 Å². The summed E-state index contributed by atoms with van der Waals surface area (Å²) in [4.78, 5) is 4.41. The summed E-state index contributed by atoms with van der Waals surface area (Å²) in [6.07, 6.45) is 4.06. The lowest BCUT2D eigenvalue weighted by atomic mass is 10.1. The lowest BCUT2D eigenvalue weighted by molar-refractivity contribution is 0.741. The molecule has 70 valence electrons. The number of hydrogen-bond acceptors (Lipinski definition) is 1. The van der Waals surface area contributed by atoms with Gasteiger partial charge in [-0.25, -0.2) is 0 Å². The Balaban J connectivity index is 2.45. The summed E-state index contributed by atoms with van der Waals surface area (Å²) in [6.45, 7) is 4.26. The highest BCUT2D eigenvalue weighted by atomic mass is 14.7. The molecule has 0 aromatic heterocycles. The van der Waals surface area contributed by atoms with E-state index in [0.717, 1.165) is 12.8 Å². The first kappa shape index (κ1) is 9.97. The third kappa shape index (κ3) is 3.88. The highest BCUT2D eigenvalue weighted by Crippen LogP contribution is 2.04. The van der Waals surface area contributed by atoms with Crippen molar-refractivity contribution in [2.45, 2.75) is 32.7 Å². The summed E-state index contributed by atoms with van der Waals surface area (Å²) in [5.41, 5.74) is 1.36. The van der Waals surface area contributed by atoms with Gasteiger partial charge in [-0.1, -0.05) is 37.3 Å². The van der Waals surface area contributed by atoms with Crippen LogP contribution in [0.3, 0.4) is 0 Å². The monoisotopic (exact) mass is 175 g/mol. The van der Waals surface area contributed by atoms with Crippen molar-refractivity contribution in [1.82, 2.24) is 0 Å². The van der Waals surface area contributed by atoms with Gasteiger partial charge in [0.15, 0.2) is 0 Å². The van der Waals surface area contributed by atoms with E-state index < -0.39 is 0 Å². The van der Waals surface area contributed by atoms with E-state index >= 15 is 0 Å². The second kappa shape index (κ2) is 5.52. The first-order valence-electron chi connectivity index (χ1n) is 4.88. The van der Waals surface area contributed by atoms with E-state index in [4.69, 9.17) is 0 Å². The molecular formula is C12H17N.